The number of hydrogen-bond donors (Lipinski definition) is 1. The summed E-state index contributed by atoms with van der Waals surface area (Å²) in [4.78, 5) is 24.3. The quantitative estimate of drug-likeness (QED) is 0.600. The molecule has 1 N–H and O–H groups in total. The van der Waals surface area contributed by atoms with Crippen LogP contribution < -0.4 is 4.74 Å². The van der Waals surface area contributed by atoms with E-state index in [9.17, 15) is 4.79 Å². The van der Waals surface area contributed by atoms with E-state index in [1.165, 1.54) is 0 Å². The Morgan fingerprint density at radius 1 is 1.33 bits per heavy atom. The number of pyridine rings is 1. The maximum Gasteiger partial charge on any atom is 0.248 e. The molecule has 1 fully saturated rings. The van der Waals surface area contributed by atoms with Crippen molar-refractivity contribution in [3.8, 4) is 11.6 Å². The minimum absolute atomic E-state index is 0.124. The number of aliphatic hydroxyl groups excluding tert-OH is 1. The SMILES string of the molecule is CN(C(=O)CO)[C@@H]1CCN(Cc2coc3cc(Oc4ccc(C5=CC=NC5)cn4)ccc23)C1. The number of rotatable bonds is 7. The number of aromatic nitrogens is 1. The van der Waals surface area contributed by atoms with Crippen molar-refractivity contribution in [1.82, 2.24) is 14.8 Å². The second-order valence-electron chi connectivity index (χ2n) is 8.43. The average Bonchev–Trinajstić information content (AvgIpc) is 3.61. The third kappa shape index (κ3) is 4.53. The molecule has 0 unspecified atom stereocenters. The van der Waals surface area contributed by atoms with Gasteiger partial charge in [0.1, 0.15) is 17.9 Å². The predicted molar refractivity (Wildman–Crippen MR) is 125 cm³/mol. The lowest BCUT2D eigenvalue weighted by Gasteiger charge is -2.24. The molecule has 1 amide bonds. The molecule has 170 valence electrons. The Morgan fingerprint density at radius 2 is 2.24 bits per heavy atom. The van der Waals surface area contributed by atoms with Crippen molar-refractivity contribution in [3.63, 3.8) is 0 Å². The number of aliphatic hydroxyl groups is 1. The van der Waals surface area contributed by atoms with E-state index in [1.807, 2.05) is 42.6 Å². The van der Waals surface area contributed by atoms with E-state index in [0.717, 1.165) is 53.7 Å². The smallest absolute Gasteiger partial charge is 0.248 e. The maximum atomic E-state index is 11.8. The molecule has 1 atom stereocenters. The van der Waals surface area contributed by atoms with Gasteiger partial charge in [-0.25, -0.2) is 4.98 Å². The summed E-state index contributed by atoms with van der Waals surface area (Å²) in [6.07, 6.45) is 8.29. The standard InChI is InChI=1S/C25H26N4O4/c1-28(25(31)15-30)20-7-9-29(14-20)13-19-16-32-23-10-21(3-4-22(19)23)33-24-5-2-17(12-27-24)18-6-8-26-11-18/h2-6,8,10,12,16,20,30H,7,9,11,13-15H2,1H3/t20-/m1/s1. The molecule has 4 heterocycles. The topological polar surface area (TPSA) is 91.4 Å². The van der Waals surface area contributed by atoms with Crippen molar-refractivity contribution < 1.29 is 19.1 Å². The van der Waals surface area contributed by atoms with Crippen molar-refractivity contribution in [1.29, 1.82) is 0 Å². The number of allylic oxidation sites excluding steroid dienone is 1. The highest BCUT2D eigenvalue weighted by atomic mass is 16.5. The van der Waals surface area contributed by atoms with Crippen LogP contribution in [0, 0.1) is 0 Å². The number of benzene rings is 1. The van der Waals surface area contributed by atoms with Crippen molar-refractivity contribution in [2.24, 2.45) is 4.99 Å². The van der Waals surface area contributed by atoms with Crippen molar-refractivity contribution in [2.45, 2.75) is 19.0 Å². The van der Waals surface area contributed by atoms with Crippen LogP contribution in [0.15, 0.2) is 58.3 Å². The molecular weight excluding hydrogens is 420 g/mol. The summed E-state index contributed by atoms with van der Waals surface area (Å²) < 4.78 is 11.7. The van der Waals surface area contributed by atoms with Crippen molar-refractivity contribution in [2.75, 3.05) is 33.3 Å². The number of amides is 1. The summed E-state index contributed by atoms with van der Waals surface area (Å²) in [5.41, 5.74) is 4.05. The van der Waals surface area contributed by atoms with Gasteiger partial charge in [-0.15, -0.1) is 0 Å². The summed E-state index contributed by atoms with van der Waals surface area (Å²) in [7, 11) is 1.75. The molecule has 0 saturated carbocycles. The van der Waals surface area contributed by atoms with Gasteiger partial charge in [0.25, 0.3) is 0 Å². The molecule has 33 heavy (non-hydrogen) atoms. The first kappa shape index (κ1) is 21.4. The van der Waals surface area contributed by atoms with Crippen molar-refractivity contribution in [3.05, 3.63) is 60.0 Å². The zero-order valence-corrected chi connectivity index (χ0v) is 18.5. The number of furan rings is 1. The van der Waals surface area contributed by atoms with Crippen LogP contribution >= 0.6 is 0 Å². The van der Waals surface area contributed by atoms with Gasteiger partial charge in [-0.2, -0.15) is 0 Å². The van der Waals surface area contributed by atoms with E-state index in [0.29, 0.717) is 18.2 Å². The van der Waals surface area contributed by atoms with E-state index < -0.39 is 6.61 Å². The van der Waals surface area contributed by atoms with Gasteiger partial charge in [-0.05, 0) is 41.8 Å². The number of nitrogens with zero attached hydrogens (tertiary/aromatic N) is 4. The van der Waals surface area contributed by atoms with Crippen LogP contribution in [0.1, 0.15) is 17.5 Å². The second-order valence-corrected chi connectivity index (χ2v) is 8.43. The summed E-state index contributed by atoms with van der Waals surface area (Å²) >= 11 is 0. The monoisotopic (exact) mass is 446 g/mol. The molecule has 0 radical (unpaired) electrons. The molecule has 0 bridgehead atoms. The Morgan fingerprint density at radius 3 is 3.00 bits per heavy atom. The number of aliphatic imine (C=N–C) groups is 1. The number of carbonyl (C=O) groups is 1. The van der Waals surface area contributed by atoms with Gasteiger partial charge in [-0.1, -0.05) is 0 Å². The van der Waals surface area contributed by atoms with E-state index in [2.05, 4.69) is 14.9 Å². The lowest BCUT2D eigenvalue weighted by atomic mass is 10.1. The average molecular weight is 447 g/mol. The third-order valence-electron chi connectivity index (χ3n) is 6.32. The Bertz CT molecular complexity index is 1210. The number of ether oxygens (including phenoxy) is 1. The lowest BCUT2D eigenvalue weighted by Crippen LogP contribution is -2.40. The second kappa shape index (κ2) is 9.17. The summed E-state index contributed by atoms with van der Waals surface area (Å²) in [5.74, 6) is 0.948. The largest absolute Gasteiger partial charge is 0.464 e. The summed E-state index contributed by atoms with van der Waals surface area (Å²) in [6, 6.07) is 9.77. The molecule has 3 aromatic rings. The molecule has 8 heteroatoms. The normalized spacial score (nSPS) is 18.1. The minimum Gasteiger partial charge on any atom is -0.464 e. The summed E-state index contributed by atoms with van der Waals surface area (Å²) in [6.45, 7) is 2.66. The predicted octanol–water partition coefficient (Wildman–Crippen LogP) is 3.11. The van der Waals surface area contributed by atoms with Crippen molar-refractivity contribution >= 4 is 28.7 Å². The summed E-state index contributed by atoms with van der Waals surface area (Å²) in [5, 5.41) is 10.1. The molecular formula is C25H26N4O4. The van der Waals surface area contributed by atoms with Crippen LogP contribution in [0.4, 0.5) is 0 Å². The molecule has 2 aromatic heterocycles. The molecule has 2 aliphatic heterocycles. The van der Waals surface area contributed by atoms with Crippen LogP contribution in [0.25, 0.3) is 16.5 Å². The number of carbonyl (C=O) groups excluding carboxylic acids is 1. The Balaban J connectivity index is 1.23. The molecule has 0 spiro atoms. The molecule has 0 aliphatic carbocycles. The van der Waals surface area contributed by atoms with Crippen LogP contribution in [0.2, 0.25) is 0 Å². The van der Waals surface area contributed by atoms with Crippen LogP contribution in [0.3, 0.4) is 0 Å². The third-order valence-corrected chi connectivity index (χ3v) is 6.32. The number of likely N-dealkylation sites (N-methyl/N-ethyl adjacent to an activating group) is 1. The fourth-order valence-electron chi connectivity index (χ4n) is 4.36. The van der Waals surface area contributed by atoms with Gasteiger partial charge < -0.3 is 19.2 Å². The van der Waals surface area contributed by atoms with Crippen LogP contribution in [-0.4, -0.2) is 71.3 Å². The molecule has 2 aliphatic rings. The molecule has 5 rings (SSSR count). The lowest BCUT2D eigenvalue weighted by molar-refractivity contribution is -0.134. The van der Waals surface area contributed by atoms with Gasteiger partial charge in [0.2, 0.25) is 11.8 Å². The first-order valence-electron chi connectivity index (χ1n) is 11.0. The first-order valence-corrected chi connectivity index (χ1v) is 11.0. The van der Waals surface area contributed by atoms with E-state index >= 15 is 0 Å². The van der Waals surface area contributed by atoms with Crippen LogP contribution in [-0.2, 0) is 11.3 Å². The van der Waals surface area contributed by atoms with Gasteiger partial charge in [-0.3, -0.25) is 14.7 Å². The fraction of sp³-hybridized carbons (Fsp3) is 0.320. The van der Waals surface area contributed by atoms with Gasteiger partial charge in [0, 0.05) is 68.2 Å². The molecule has 8 nitrogen and oxygen atoms in total. The molecule has 1 aromatic carbocycles. The van der Waals surface area contributed by atoms with Crippen LogP contribution in [0.5, 0.6) is 11.6 Å². The number of hydrogen-bond acceptors (Lipinski definition) is 7. The highest BCUT2D eigenvalue weighted by Crippen LogP contribution is 2.30. The zero-order valence-electron chi connectivity index (χ0n) is 18.5. The Kier molecular flexibility index (Phi) is 5.93. The Hall–Kier alpha value is -3.49. The van der Waals surface area contributed by atoms with E-state index in [1.54, 1.807) is 24.4 Å². The van der Waals surface area contributed by atoms with Gasteiger partial charge >= 0.3 is 0 Å². The highest BCUT2D eigenvalue weighted by Gasteiger charge is 2.28. The maximum absolute atomic E-state index is 11.8. The minimum atomic E-state index is -0.448. The zero-order chi connectivity index (χ0) is 22.8. The fourth-order valence-corrected chi connectivity index (χ4v) is 4.36. The van der Waals surface area contributed by atoms with Gasteiger partial charge in [0.05, 0.1) is 12.8 Å². The number of likely N-dealkylation sites (tertiary alicyclic amines) is 1. The Labute approximate surface area is 191 Å². The van der Waals surface area contributed by atoms with Gasteiger partial charge in [0.15, 0.2) is 0 Å². The van der Waals surface area contributed by atoms with E-state index in [-0.39, 0.29) is 11.9 Å². The highest BCUT2D eigenvalue weighted by molar-refractivity contribution is 5.89. The first-order chi connectivity index (χ1) is 16.1. The van der Waals surface area contributed by atoms with E-state index in [4.69, 9.17) is 14.3 Å². The number of fused-ring (bicyclic) bond motifs is 1. The molecule has 1 saturated heterocycles.